The number of aromatic nitrogens is 3. The van der Waals surface area contributed by atoms with Crippen LogP contribution in [0.25, 0.3) is 22.4 Å². The largest absolute Gasteiger partial charge is 0.398 e. The van der Waals surface area contributed by atoms with Gasteiger partial charge in [-0.15, -0.1) is 13.2 Å². The number of anilines is 1. The topological polar surface area (TPSA) is 131 Å². The van der Waals surface area contributed by atoms with Crippen LogP contribution in [0.15, 0.2) is 48.4 Å². The van der Waals surface area contributed by atoms with Gasteiger partial charge in [0.25, 0.3) is 11.2 Å². The first-order chi connectivity index (χ1) is 10.6. The molecule has 0 amide bonds. The Labute approximate surface area is 124 Å². The van der Waals surface area contributed by atoms with E-state index in [0.29, 0.717) is 5.52 Å². The molecule has 3 rings (SSSR count). The van der Waals surface area contributed by atoms with Crippen LogP contribution in [0.3, 0.4) is 0 Å². The molecule has 0 atom stereocenters. The van der Waals surface area contributed by atoms with E-state index < -0.39 is 10.5 Å². The number of rotatable bonds is 2. The van der Waals surface area contributed by atoms with Crippen LogP contribution in [0.1, 0.15) is 0 Å². The second-order valence-electron chi connectivity index (χ2n) is 4.15. The molecule has 0 unspecified atom stereocenters. The van der Waals surface area contributed by atoms with Crippen molar-refractivity contribution in [2.24, 2.45) is 0 Å². The molecule has 2 heterocycles. The number of imidazole rings is 1. The average Bonchev–Trinajstić information content (AvgIpc) is 2.92. The van der Waals surface area contributed by atoms with Gasteiger partial charge in [0, 0.05) is 18.0 Å². The van der Waals surface area contributed by atoms with E-state index in [1.54, 1.807) is 12.1 Å². The van der Waals surface area contributed by atoms with Gasteiger partial charge in [-0.25, -0.2) is 4.98 Å². The lowest BCUT2D eigenvalue weighted by molar-refractivity contribution is -0.383. The van der Waals surface area contributed by atoms with Crippen molar-refractivity contribution in [3.8, 4) is 11.4 Å². The third-order valence-electron chi connectivity index (χ3n) is 2.92. The fourth-order valence-corrected chi connectivity index (χ4v) is 2.02. The second-order valence-corrected chi connectivity index (χ2v) is 4.15. The van der Waals surface area contributed by atoms with E-state index in [4.69, 9.17) is 5.73 Å². The zero-order chi connectivity index (χ0) is 16.3. The van der Waals surface area contributed by atoms with Gasteiger partial charge in [0.1, 0.15) is 11.4 Å². The highest BCUT2D eigenvalue weighted by molar-refractivity contribution is 5.88. The van der Waals surface area contributed by atoms with Gasteiger partial charge in [-0.3, -0.25) is 14.9 Å². The number of nitrogen functional groups attached to an aromatic ring is 1. The van der Waals surface area contributed by atoms with Crippen molar-refractivity contribution in [2.75, 3.05) is 5.73 Å². The Bertz CT molecular complexity index is 897. The second kappa shape index (κ2) is 5.92. The normalized spacial score (nSPS) is 10.0. The number of nitrogens with two attached hydrogens (primary N) is 1. The number of nitro groups is 1. The molecule has 4 N–H and O–H groups in total. The standard InChI is InChI=1S/C12H9N5O3.C2H4/c13-6-4-5-14-12(18)9(6)11-15-7-2-1-3-8(17(19)20)10(7)16-11;1-2/h1-5H,(H,15,16)(H3,13,14,18);1-2H2. The first-order valence-electron chi connectivity index (χ1n) is 6.18. The number of hydrogen-bond acceptors (Lipinski definition) is 5. The van der Waals surface area contributed by atoms with Crippen molar-refractivity contribution in [1.29, 1.82) is 0 Å². The number of hydrogen-bond donors (Lipinski definition) is 3. The van der Waals surface area contributed by atoms with Gasteiger partial charge in [-0.05, 0) is 12.1 Å². The summed E-state index contributed by atoms with van der Waals surface area (Å²) in [5, 5.41) is 11.0. The Hall–Kier alpha value is -3.42. The van der Waals surface area contributed by atoms with E-state index in [9.17, 15) is 14.9 Å². The van der Waals surface area contributed by atoms with Gasteiger partial charge in [-0.2, -0.15) is 0 Å². The van der Waals surface area contributed by atoms with Crippen LogP contribution < -0.4 is 11.3 Å². The Morgan fingerprint density at radius 2 is 2.00 bits per heavy atom. The maximum absolute atomic E-state index is 11.8. The number of benzene rings is 1. The van der Waals surface area contributed by atoms with Crippen LogP contribution in [0.2, 0.25) is 0 Å². The number of pyridine rings is 1. The van der Waals surface area contributed by atoms with Crippen molar-refractivity contribution in [2.45, 2.75) is 0 Å². The molecule has 0 spiro atoms. The van der Waals surface area contributed by atoms with Crippen molar-refractivity contribution < 1.29 is 4.92 Å². The molecule has 0 aliphatic heterocycles. The number of aromatic amines is 2. The predicted octanol–water partition coefficient (Wildman–Crippen LogP) is 2.21. The maximum atomic E-state index is 11.8. The average molecular weight is 299 g/mol. The van der Waals surface area contributed by atoms with E-state index in [2.05, 4.69) is 28.1 Å². The minimum absolute atomic E-state index is 0.129. The van der Waals surface area contributed by atoms with E-state index in [1.165, 1.54) is 18.3 Å². The molecule has 1 aromatic carbocycles. The molecule has 8 nitrogen and oxygen atoms in total. The molecule has 22 heavy (non-hydrogen) atoms. The Balaban J connectivity index is 0.000000847. The molecule has 8 heteroatoms. The first-order valence-corrected chi connectivity index (χ1v) is 6.18. The van der Waals surface area contributed by atoms with Crippen LogP contribution >= 0.6 is 0 Å². The van der Waals surface area contributed by atoms with Crippen molar-refractivity contribution in [1.82, 2.24) is 15.0 Å². The molecule has 2 aromatic heterocycles. The van der Waals surface area contributed by atoms with Crippen molar-refractivity contribution in [3.63, 3.8) is 0 Å². The van der Waals surface area contributed by atoms with E-state index >= 15 is 0 Å². The zero-order valence-corrected chi connectivity index (χ0v) is 11.5. The summed E-state index contributed by atoms with van der Waals surface area (Å²) in [6.45, 7) is 6.00. The summed E-state index contributed by atoms with van der Waals surface area (Å²) >= 11 is 0. The molecule has 112 valence electrons. The number of para-hydroxylation sites is 1. The molecule has 0 radical (unpaired) electrons. The summed E-state index contributed by atoms with van der Waals surface area (Å²) in [7, 11) is 0. The SMILES string of the molecule is C=C.Nc1cc[nH]c(=O)c1-c1nc2c([N+](=O)[O-])cccc2[nH]1. The predicted molar refractivity (Wildman–Crippen MR) is 84.5 cm³/mol. The maximum Gasteiger partial charge on any atom is 0.297 e. The minimum Gasteiger partial charge on any atom is -0.398 e. The molecule has 3 aromatic rings. The smallest absolute Gasteiger partial charge is 0.297 e. The van der Waals surface area contributed by atoms with Crippen molar-refractivity contribution >= 4 is 22.4 Å². The van der Waals surface area contributed by atoms with Crippen LogP contribution in [0.5, 0.6) is 0 Å². The quantitative estimate of drug-likeness (QED) is 0.379. The summed E-state index contributed by atoms with van der Waals surface area (Å²) in [5.41, 5.74) is 6.29. The molecule has 0 fully saturated rings. The Morgan fingerprint density at radius 1 is 1.27 bits per heavy atom. The molecular formula is C14H13N5O3. The van der Waals surface area contributed by atoms with Gasteiger partial charge in [0.2, 0.25) is 0 Å². The molecule has 0 aliphatic carbocycles. The van der Waals surface area contributed by atoms with Crippen LogP contribution in [0, 0.1) is 10.1 Å². The van der Waals surface area contributed by atoms with E-state index in [0.717, 1.165) is 0 Å². The molecular weight excluding hydrogens is 286 g/mol. The highest BCUT2D eigenvalue weighted by Gasteiger charge is 2.18. The molecule has 0 saturated carbocycles. The van der Waals surface area contributed by atoms with Crippen LogP contribution in [-0.4, -0.2) is 19.9 Å². The number of H-pyrrole nitrogens is 2. The summed E-state index contributed by atoms with van der Waals surface area (Å²) in [5.74, 6) is 0.202. The third-order valence-corrected chi connectivity index (χ3v) is 2.92. The lowest BCUT2D eigenvalue weighted by Crippen LogP contribution is -2.11. The highest BCUT2D eigenvalue weighted by Crippen LogP contribution is 2.27. The number of nitro benzene ring substituents is 1. The number of nitrogens with one attached hydrogen (secondary N) is 2. The summed E-state index contributed by atoms with van der Waals surface area (Å²) in [4.78, 5) is 31.7. The van der Waals surface area contributed by atoms with Crippen LogP contribution in [0.4, 0.5) is 11.4 Å². The Kier molecular flexibility index (Phi) is 4.03. The number of nitrogens with zero attached hydrogens (tertiary/aromatic N) is 2. The van der Waals surface area contributed by atoms with E-state index in [1.807, 2.05) is 0 Å². The lowest BCUT2D eigenvalue weighted by atomic mass is 10.2. The van der Waals surface area contributed by atoms with Gasteiger partial charge in [0.15, 0.2) is 5.52 Å². The number of non-ortho nitro benzene ring substituents is 1. The van der Waals surface area contributed by atoms with Gasteiger partial charge in [-0.1, -0.05) is 6.07 Å². The first kappa shape index (κ1) is 15.0. The summed E-state index contributed by atoms with van der Waals surface area (Å²) in [6, 6.07) is 6.07. The fraction of sp³-hybridized carbons (Fsp3) is 0. The summed E-state index contributed by atoms with van der Waals surface area (Å²) < 4.78 is 0. The Morgan fingerprint density at radius 3 is 2.64 bits per heavy atom. The third kappa shape index (κ3) is 2.44. The highest BCUT2D eigenvalue weighted by atomic mass is 16.6. The van der Waals surface area contributed by atoms with Gasteiger partial charge in [0.05, 0.1) is 10.4 Å². The van der Waals surface area contributed by atoms with Gasteiger partial charge >= 0.3 is 0 Å². The van der Waals surface area contributed by atoms with Crippen LogP contribution in [-0.2, 0) is 0 Å². The fourth-order valence-electron chi connectivity index (χ4n) is 2.02. The summed E-state index contributed by atoms with van der Waals surface area (Å²) in [6.07, 6.45) is 1.42. The zero-order valence-electron chi connectivity index (χ0n) is 11.5. The number of fused-ring (bicyclic) bond motifs is 1. The molecule has 0 saturated heterocycles. The molecule has 0 bridgehead atoms. The van der Waals surface area contributed by atoms with Crippen molar-refractivity contribution in [3.05, 3.63) is 64.1 Å². The lowest BCUT2D eigenvalue weighted by Gasteiger charge is -1.99. The van der Waals surface area contributed by atoms with Gasteiger partial charge < -0.3 is 15.7 Å². The van der Waals surface area contributed by atoms with E-state index in [-0.39, 0.29) is 28.3 Å². The minimum atomic E-state index is -0.522. The monoisotopic (exact) mass is 299 g/mol. The molecule has 0 aliphatic rings.